The van der Waals surface area contributed by atoms with Gasteiger partial charge in [-0.2, -0.15) is 5.26 Å². The lowest BCUT2D eigenvalue weighted by Gasteiger charge is -2.54. The van der Waals surface area contributed by atoms with Crippen molar-refractivity contribution in [3.63, 3.8) is 0 Å². The molecule has 0 bridgehead atoms. The maximum Gasteiger partial charge on any atom is 0.318 e. The van der Waals surface area contributed by atoms with Crippen LogP contribution in [0.4, 0.5) is 13.6 Å². The summed E-state index contributed by atoms with van der Waals surface area (Å²) in [5.41, 5.74) is -0.270. The Morgan fingerprint density at radius 2 is 1.94 bits per heavy atom. The molecule has 1 aromatic rings. The van der Waals surface area contributed by atoms with Crippen molar-refractivity contribution in [2.24, 2.45) is 10.8 Å². The first kappa shape index (κ1) is 24.1. The lowest BCUT2D eigenvalue weighted by molar-refractivity contribution is -0.124. The zero-order chi connectivity index (χ0) is 24.7. The second kappa shape index (κ2) is 9.12. The fraction of sp³-hybridized carbons (Fsp3) is 0.692. The molecule has 4 fully saturated rings. The summed E-state index contributed by atoms with van der Waals surface area (Å²) in [5.74, 6) is -3.69. The molecule has 4 aliphatic rings. The second-order valence-electron chi connectivity index (χ2n) is 11.3. The molecule has 5 rings (SSSR count). The van der Waals surface area contributed by atoms with E-state index < -0.39 is 42.0 Å². The minimum absolute atomic E-state index is 0.0989. The van der Waals surface area contributed by atoms with Crippen molar-refractivity contribution in [1.29, 1.82) is 5.26 Å². The van der Waals surface area contributed by atoms with Crippen LogP contribution in [-0.2, 0) is 11.2 Å². The van der Waals surface area contributed by atoms with Crippen molar-refractivity contribution in [3.05, 3.63) is 30.1 Å². The molecule has 0 radical (unpaired) electrons. The number of nitrogens with one attached hydrogen (secondary N) is 1. The predicted molar refractivity (Wildman–Crippen MR) is 125 cm³/mol. The van der Waals surface area contributed by atoms with Gasteiger partial charge < -0.3 is 15.1 Å². The van der Waals surface area contributed by atoms with Crippen LogP contribution in [0.2, 0.25) is 0 Å². The van der Waals surface area contributed by atoms with Crippen LogP contribution < -0.4 is 5.32 Å². The number of rotatable bonds is 9. The molecule has 1 atom stereocenters. The van der Waals surface area contributed by atoms with Crippen LogP contribution in [-0.4, -0.2) is 70.8 Å². The molecular weight excluding hydrogens is 452 g/mol. The quantitative estimate of drug-likeness (QED) is 0.578. The van der Waals surface area contributed by atoms with Crippen LogP contribution >= 0.6 is 0 Å². The molecule has 1 N–H and O–H groups in total. The van der Waals surface area contributed by atoms with E-state index in [4.69, 9.17) is 0 Å². The Labute approximate surface area is 204 Å². The van der Waals surface area contributed by atoms with Gasteiger partial charge in [0, 0.05) is 56.2 Å². The van der Waals surface area contributed by atoms with Crippen LogP contribution in [0.1, 0.15) is 56.9 Å². The Morgan fingerprint density at radius 3 is 2.51 bits per heavy atom. The van der Waals surface area contributed by atoms with Crippen molar-refractivity contribution in [1.82, 2.24) is 20.1 Å². The van der Waals surface area contributed by atoms with Crippen molar-refractivity contribution in [2.45, 2.75) is 75.8 Å². The number of hydrogen-bond donors (Lipinski definition) is 1. The lowest BCUT2D eigenvalue weighted by Crippen LogP contribution is -2.65. The molecule has 2 saturated carbocycles. The van der Waals surface area contributed by atoms with E-state index >= 15 is 0 Å². The Morgan fingerprint density at radius 1 is 1.23 bits per heavy atom. The number of nitriles is 1. The summed E-state index contributed by atoms with van der Waals surface area (Å²) in [5, 5.41) is 12.0. The highest BCUT2D eigenvalue weighted by Crippen LogP contribution is 2.48. The first-order chi connectivity index (χ1) is 16.7. The van der Waals surface area contributed by atoms with Gasteiger partial charge >= 0.3 is 6.03 Å². The molecule has 2 saturated heterocycles. The van der Waals surface area contributed by atoms with Gasteiger partial charge in [0.05, 0.1) is 17.5 Å². The number of piperidine rings is 1. The molecule has 2 aliphatic carbocycles. The van der Waals surface area contributed by atoms with Crippen LogP contribution in [0.25, 0.3) is 0 Å². The summed E-state index contributed by atoms with van der Waals surface area (Å²) >= 11 is 0. The maximum absolute atomic E-state index is 15.0. The fourth-order valence-corrected chi connectivity index (χ4v) is 5.62. The molecule has 0 unspecified atom stereocenters. The number of alkyl halides is 2. The first-order valence-corrected chi connectivity index (χ1v) is 12.7. The monoisotopic (exact) mass is 485 g/mol. The van der Waals surface area contributed by atoms with E-state index in [0.717, 1.165) is 32.0 Å². The lowest BCUT2D eigenvalue weighted by atomic mass is 9.72. The fourth-order valence-electron chi connectivity index (χ4n) is 5.62. The molecule has 9 heteroatoms. The third-order valence-electron chi connectivity index (χ3n) is 8.24. The largest absolute Gasteiger partial charge is 0.328 e. The predicted octanol–water partition coefficient (Wildman–Crippen LogP) is 3.55. The number of Topliss-reactive ketones (excluding diaryl/α,β-unsaturated/α-hetero) is 1. The maximum atomic E-state index is 15.0. The number of urea groups is 1. The number of carbonyl (C=O) groups is 2. The van der Waals surface area contributed by atoms with E-state index in [9.17, 15) is 23.6 Å². The van der Waals surface area contributed by atoms with Crippen LogP contribution in [0, 0.1) is 22.2 Å². The van der Waals surface area contributed by atoms with Crippen molar-refractivity contribution in [3.8, 4) is 6.07 Å². The van der Waals surface area contributed by atoms with E-state index in [2.05, 4.69) is 21.3 Å². The highest BCUT2D eigenvalue weighted by Gasteiger charge is 2.50. The van der Waals surface area contributed by atoms with Crippen molar-refractivity contribution >= 4 is 11.8 Å². The number of nitrogens with zero attached hydrogens (tertiary/aromatic N) is 4. The van der Waals surface area contributed by atoms with Gasteiger partial charge in [0.1, 0.15) is 0 Å². The zero-order valence-corrected chi connectivity index (χ0v) is 20.0. The zero-order valence-electron chi connectivity index (χ0n) is 20.0. The van der Waals surface area contributed by atoms with Crippen molar-refractivity contribution < 1.29 is 18.4 Å². The minimum Gasteiger partial charge on any atom is -0.328 e. The molecule has 2 aliphatic heterocycles. The number of amides is 2. The van der Waals surface area contributed by atoms with Gasteiger partial charge in [-0.1, -0.05) is 6.07 Å². The van der Waals surface area contributed by atoms with Crippen molar-refractivity contribution in [2.75, 3.05) is 26.2 Å². The summed E-state index contributed by atoms with van der Waals surface area (Å²) < 4.78 is 30.0. The number of aromatic nitrogens is 1. The molecule has 3 heterocycles. The SMILES string of the molecule is N#CC1(CC(=O)[C@H](CC(F)(F)Cc2cccnc2)NC(=O)N2CC3(CCN(C4CC4)CC3)C2)CC1. The van der Waals surface area contributed by atoms with Gasteiger partial charge in [-0.05, 0) is 63.2 Å². The molecule has 2 amide bonds. The normalized spacial score (nSPS) is 23.7. The molecule has 0 aromatic carbocycles. The third kappa shape index (κ3) is 5.64. The van der Waals surface area contributed by atoms with E-state index in [-0.39, 0.29) is 11.8 Å². The van der Waals surface area contributed by atoms with E-state index in [1.807, 2.05) is 0 Å². The van der Waals surface area contributed by atoms with Gasteiger partial charge in [0.15, 0.2) is 5.78 Å². The molecule has 35 heavy (non-hydrogen) atoms. The number of carbonyl (C=O) groups excluding carboxylic acids is 2. The van der Waals surface area contributed by atoms with Crippen LogP contribution in [0.5, 0.6) is 0 Å². The minimum atomic E-state index is -3.20. The summed E-state index contributed by atoms with van der Waals surface area (Å²) in [6.45, 7) is 3.31. The Balaban J connectivity index is 1.20. The van der Waals surface area contributed by atoms with Gasteiger partial charge in [-0.25, -0.2) is 13.6 Å². The standard InChI is InChI=1S/C26H33F2N5O2/c27-26(28,12-19-2-1-9-30-15-19)13-21(22(34)14-24(16-29)5-6-24)31-23(35)33-17-25(18-33)7-10-32(11-8-25)20-3-4-20/h1-2,9,15,20-21H,3-8,10-14,17-18H2,(H,31,35)/t21-/m0/s1. The van der Waals surface area contributed by atoms with E-state index in [1.165, 1.54) is 25.2 Å². The summed E-state index contributed by atoms with van der Waals surface area (Å²) in [6.07, 6.45) is 7.30. The van der Waals surface area contributed by atoms with Crippen LogP contribution in [0.15, 0.2) is 24.5 Å². The smallest absolute Gasteiger partial charge is 0.318 e. The topological polar surface area (TPSA) is 89.3 Å². The average molecular weight is 486 g/mol. The van der Waals surface area contributed by atoms with Gasteiger partial charge in [-0.15, -0.1) is 0 Å². The Kier molecular flexibility index (Phi) is 6.28. The number of likely N-dealkylation sites (tertiary alicyclic amines) is 2. The highest BCUT2D eigenvalue weighted by molar-refractivity contribution is 5.89. The second-order valence-corrected chi connectivity index (χ2v) is 11.3. The van der Waals surface area contributed by atoms with E-state index in [1.54, 1.807) is 17.0 Å². The van der Waals surface area contributed by atoms with Crippen LogP contribution in [0.3, 0.4) is 0 Å². The van der Waals surface area contributed by atoms with E-state index in [0.29, 0.717) is 31.5 Å². The molecular formula is C26H33F2N5O2. The Bertz CT molecular complexity index is 987. The number of pyridine rings is 1. The van der Waals surface area contributed by atoms with Gasteiger partial charge in [0.2, 0.25) is 0 Å². The molecule has 7 nitrogen and oxygen atoms in total. The first-order valence-electron chi connectivity index (χ1n) is 12.7. The Hall–Kier alpha value is -2.60. The summed E-state index contributed by atoms with van der Waals surface area (Å²) in [7, 11) is 0. The number of hydrogen-bond acceptors (Lipinski definition) is 5. The van der Waals surface area contributed by atoms with Gasteiger partial charge in [-0.3, -0.25) is 9.78 Å². The average Bonchev–Trinajstić information content (AvgIpc) is 3.73. The third-order valence-corrected chi connectivity index (χ3v) is 8.24. The summed E-state index contributed by atoms with van der Waals surface area (Å²) in [4.78, 5) is 34.1. The number of halogens is 2. The van der Waals surface area contributed by atoms with Gasteiger partial charge in [0.25, 0.3) is 5.92 Å². The highest BCUT2D eigenvalue weighted by atomic mass is 19.3. The number of ketones is 1. The molecule has 1 aromatic heterocycles. The molecule has 188 valence electrons. The summed E-state index contributed by atoms with van der Waals surface area (Å²) in [6, 6.07) is 4.27. The molecule has 1 spiro atoms.